The summed E-state index contributed by atoms with van der Waals surface area (Å²) in [5.41, 5.74) is 0.0272. The van der Waals surface area contributed by atoms with E-state index in [9.17, 15) is 9.18 Å². The topological polar surface area (TPSA) is 17.1 Å². The maximum atomic E-state index is 13.1. The first-order valence-corrected chi connectivity index (χ1v) is 4.52. The molecule has 0 atom stereocenters. The van der Waals surface area contributed by atoms with Crippen LogP contribution in [0.4, 0.5) is 4.39 Å². The van der Waals surface area contributed by atoms with E-state index in [1.54, 1.807) is 6.07 Å². The fourth-order valence-corrected chi connectivity index (χ4v) is 1.30. The Morgan fingerprint density at radius 3 is 2.83 bits per heavy atom. The molecule has 1 aromatic carbocycles. The number of rotatable bonds is 2. The van der Waals surface area contributed by atoms with E-state index in [0.717, 1.165) is 0 Å². The molecule has 0 fully saturated rings. The lowest BCUT2D eigenvalue weighted by Gasteiger charge is -1.99. The Hall–Kier alpha value is -0.410. The molecule has 12 heavy (non-hydrogen) atoms. The number of ketones is 1. The van der Waals surface area contributed by atoms with Crippen molar-refractivity contribution in [3.8, 4) is 0 Å². The van der Waals surface area contributed by atoms with Crippen molar-refractivity contribution < 1.29 is 9.18 Å². The minimum absolute atomic E-state index is 0.0272. The Labute approximate surface area is 82.7 Å². The van der Waals surface area contributed by atoms with Gasteiger partial charge in [-0.1, -0.05) is 6.07 Å². The van der Waals surface area contributed by atoms with Gasteiger partial charge in [-0.3, -0.25) is 4.79 Å². The molecule has 64 valence electrons. The Balaban J connectivity index is 3.16. The lowest BCUT2D eigenvalue weighted by atomic mass is 10.1. The third-order valence-electron chi connectivity index (χ3n) is 1.37. The molecular weight excluding hydrogens is 246 g/mol. The van der Waals surface area contributed by atoms with Crippen LogP contribution < -0.4 is 0 Å². The van der Waals surface area contributed by atoms with Crippen LogP contribution in [0, 0.1) is 5.82 Å². The van der Waals surface area contributed by atoms with E-state index < -0.39 is 11.6 Å². The van der Waals surface area contributed by atoms with Gasteiger partial charge in [0.2, 0.25) is 0 Å². The molecular formula is C8H5BrClFO. The van der Waals surface area contributed by atoms with Crippen molar-refractivity contribution in [2.75, 3.05) is 5.88 Å². The summed E-state index contributed by atoms with van der Waals surface area (Å²) in [5.74, 6) is -1.16. The summed E-state index contributed by atoms with van der Waals surface area (Å²) in [4.78, 5) is 11.0. The Morgan fingerprint density at radius 1 is 1.58 bits per heavy atom. The van der Waals surface area contributed by atoms with Crippen LogP contribution in [0.2, 0.25) is 0 Å². The monoisotopic (exact) mass is 250 g/mol. The van der Waals surface area contributed by atoms with E-state index in [1.165, 1.54) is 12.1 Å². The number of hydrogen-bond acceptors (Lipinski definition) is 1. The summed E-state index contributed by atoms with van der Waals surface area (Å²) in [6.45, 7) is 0. The number of Topliss-reactive ketones (excluding diaryl/α,β-unsaturated/α-hetero) is 1. The normalized spacial score (nSPS) is 9.92. The van der Waals surface area contributed by atoms with Crippen molar-refractivity contribution in [2.24, 2.45) is 0 Å². The standard InChI is InChI=1S/C8H5BrClFO/c9-6-3-1-2-5(8(6)11)7(12)4-10/h1-3H,4H2. The highest BCUT2D eigenvalue weighted by atomic mass is 79.9. The van der Waals surface area contributed by atoms with E-state index in [1.807, 2.05) is 0 Å². The van der Waals surface area contributed by atoms with Crippen LogP contribution in [0.1, 0.15) is 10.4 Å². The van der Waals surface area contributed by atoms with Crippen LogP contribution in [0.25, 0.3) is 0 Å². The molecule has 0 unspecified atom stereocenters. The molecule has 1 rings (SSSR count). The summed E-state index contributed by atoms with van der Waals surface area (Å²) >= 11 is 8.25. The van der Waals surface area contributed by atoms with Gasteiger partial charge in [-0.15, -0.1) is 11.6 Å². The highest BCUT2D eigenvalue weighted by Crippen LogP contribution is 2.18. The lowest BCUT2D eigenvalue weighted by molar-refractivity contribution is 0.101. The third kappa shape index (κ3) is 1.84. The van der Waals surface area contributed by atoms with E-state index >= 15 is 0 Å². The number of benzene rings is 1. The van der Waals surface area contributed by atoms with Gasteiger partial charge in [-0.2, -0.15) is 0 Å². The van der Waals surface area contributed by atoms with Gasteiger partial charge in [-0.25, -0.2) is 4.39 Å². The molecule has 1 nitrogen and oxygen atoms in total. The van der Waals surface area contributed by atoms with E-state index in [2.05, 4.69) is 15.9 Å². The summed E-state index contributed by atoms with van der Waals surface area (Å²) in [6, 6.07) is 4.53. The molecule has 0 spiro atoms. The quantitative estimate of drug-likeness (QED) is 0.583. The first-order chi connectivity index (χ1) is 5.66. The van der Waals surface area contributed by atoms with E-state index in [0.29, 0.717) is 0 Å². The van der Waals surface area contributed by atoms with Crippen molar-refractivity contribution in [1.29, 1.82) is 0 Å². The van der Waals surface area contributed by atoms with Crippen LogP contribution >= 0.6 is 27.5 Å². The van der Waals surface area contributed by atoms with Gasteiger partial charge in [0.1, 0.15) is 5.82 Å². The maximum absolute atomic E-state index is 13.1. The highest BCUT2D eigenvalue weighted by Gasteiger charge is 2.11. The van der Waals surface area contributed by atoms with Gasteiger partial charge in [0.05, 0.1) is 15.9 Å². The van der Waals surface area contributed by atoms with Gasteiger partial charge in [0, 0.05) is 0 Å². The molecule has 0 heterocycles. The Morgan fingerprint density at radius 2 is 2.25 bits per heavy atom. The number of carbonyl (C=O) groups is 1. The zero-order valence-electron chi connectivity index (χ0n) is 5.98. The minimum Gasteiger partial charge on any atom is -0.293 e. The van der Waals surface area contributed by atoms with Crippen LogP contribution in [-0.4, -0.2) is 11.7 Å². The van der Waals surface area contributed by atoms with Crippen molar-refractivity contribution in [1.82, 2.24) is 0 Å². The maximum Gasteiger partial charge on any atom is 0.180 e. The molecule has 0 amide bonds. The number of halogens is 3. The fraction of sp³-hybridized carbons (Fsp3) is 0.125. The van der Waals surface area contributed by atoms with Crippen LogP contribution in [0.15, 0.2) is 22.7 Å². The van der Waals surface area contributed by atoms with Gasteiger partial charge in [0.15, 0.2) is 5.78 Å². The van der Waals surface area contributed by atoms with Gasteiger partial charge < -0.3 is 0 Å². The number of carbonyl (C=O) groups excluding carboxylic acids is 1. The summed E-state index contributed by atoms with van der Waals surface area (Å²) in [7, 11) is 0. The average Bonchev–Trinajstić information content (AvgIpc) is 2.08. The predicted molar refractivity (Wildman–Crippen MR) is 49.2 cm³/mol. The molecule has 0 radical (unpaired) electrons. The van der Waals surface area contributed by atoms with E-state index in [4.69, 9.17) is 11.6 Å². The molecule has 4 heteroatoms. The van der Waals surface area contributed by atoms with E-state index in [-0.39, 0.29) is 15.9 Å². The van der Waals surface area contributed by atoms with Crippen molar-refractivity contribution in [2.45, 2.75) is 0 Å². The van der Waals surface area contributed by atoms with Crippen LogP contribution in [0.5, 0.6) is 0 Å². The van der Waals surface area contributed by atoms with Gasteiger partial charge in [0.25, 0.3) is 0 Å². The second kappa shape index (κ2) is 4.01. The average molecular weight is 251 g/mol. The lowest BCUT2D eigenvalue weighted by Crippen LogP contribution is -2.03. The molecule has 0 saturated carbocycles. The zero-order chi connectivity index (χ0) is 9.14. The summed E-state index contributed by atoms with van der Waals surface area (Å²) in [6.07, 6.45) is 0. The first kappa shape index (κ1) is 9.68. The largest absolute Gasteiger partial charge is 0.293 e. The van der Waals surface area contributed by atoms with Gasteiger partial charge >= 0.3 is 0 Å². The smallest absolute Gasteiger partial charge is 0.180 e. The minimum atomic E-state index is -0.553. The van der Waals surface area contributed by atoms with Gasteiger partial charge in [-0.05, 0) is 28.1 Å². The predicted octanol–water partition coefficient (Wildman–Crippen LogP) is 3.01. The number of hydrogen-bond donors (Lipinski definition) is 0. The molecule has 0 aliphatic rings. The fourth-order valence-electron chi connectivity index (χ4n) is 0.791. The molecule has 0 aliphatic heterocycles. The van der Waals surface area contributed by atoms with Crippen molar-refractivity contribution >= 4 is 33.3 Å². The second-order valence-electron chi connectivity index (χ2n) is 2.16. The third-order valence-corrected chi connectivity index (χ3v) is 2.23. The second-order valence-corrected chi connectivity index (χ2v) is 3.28. The molecule has 0 aromatic heterocycles. The van der Waals surface area contributed by atoms with Crippen LogP contribution in [-0.2, 0) is 0 Å². The van der Waals surface area contributed by atoms with Crippen molar-refractivity contribution in [3.63, 3.8) is 0 Å². The summed E-state index contributed by atoms with van der Waals surface area (Å²) in [5, 5.41) is 0. The molecule has 1 aromatic rings. The Kier molecular flexibility index (Phi) is 3.23. The Bertz CT molecular complexity index is 314. The zero-order valence-corrected chi connectivity index (χ0v) is 8.32. The molecule has 0 saturated heterocycles. The highest BCUT2D eigenvalue weighted by molar-refractivity contribution is 9.10. The van der Waals surface area contributed by atoms with Crippen LogP contribution in [0.3, 0.4) is 0 Å². The number of alkyl halides is 1. The molecule has 0 bridgehead atoms. The summed E-state index contributed by atoms with van der Waals surface area (Å²) < 4.78 is 13.4. The molecule has 0 aliphatic carbocycles. The first-order valence-electron chi connectivity index (χ1n) is 3.20. The molecule has 0 N–H and O–H groups in total. The van der Waals surface area contributed by atoms with Crippen molar-refractivity contribution in [3.05, 3.63) is 34.1 Å². The SMILES string of the molecule is O=C(CCl)c1cccc(Br)c1F.